The molecule has 1 aliphatic carbocycles. The van der Waals surface area contributed by atoms with E-state index in [0.29, 0.717) is 25.2 Å². The molecule has 1 unspecified atom stereocenters. The maximum absolute atomic E-state index is 13.0. The van der Waals surface area contributed by atoms with Gasteiger partial charge in [-0.1, -0.05) is 37.3 Å². The normalized spacial score (nSPS) is 20.1. The lowest BCUT2D eigenvalue weighted by Crippen LogP contribution is -2.48. The van der Waals surface area contributed by atoms with Crippen molar-refractivity contribution in [2.45, 2.75) is 37.0 Å². The Balaban J connectivity index is 1.42. The van der Waals surface area contributed by atoms with Crippen LogP contribution in [-0.2, 0) is 21.2 Å². The Morgan fingerprint density at radius 1 is 1.07 bits per heavy atom. The molecule has 2 aromatic rings. The van der Waals surface area contributed by atoms with Crippen molar-refractivity contribution in [2.75, 3.05) is 38.0 Å². The highest BCUT2D eigenvalue weighted by molar-refractivity contribution is 7.89. The Labute approximate surface area is 178 Å². The Hall–Kier alpha value is -2.22. The lowest BCUT2D eigenvalue weighted by atomic mass is 9.97. The SMILES string of the molecule is CCN1CCN(S(=O)(=O)c2cccc(NC(=O)CC3CCc4ccccc43)c2)CC1. The van der Waals surface area contributed by atoms with Crippen LogP contribution in [0.4, 0.5) is 5.69 Å². The Morgan fingerprint density at radius 3 is 2.60 bits per heavy atom. The molecule has 1 saturated heterocycles. The Kier molecular flexibility index (Phi) is 6.22. The molecule has 0 aromatic heterocycles. The number of carbonyl (C=O) groups is 1. The van der Waals surface area contributed by atoms with Crippen molar-refractivity contribution < 1.29 is 13.2 Å². The highest BCUT2D eigenvalue weighted by atomic mass is 32.2. The van der Waals surface area contributed by atoms with E-state index in [1.54, 1.807) is 24.3 Å². The second-order valence-electron chi connectivity index (χ2n) is 8.05. The minimum atomic E-state index is -3.56. The number of amides is 1. The molecule has 7 heteroatoms. The zero-order valence-electron chi connectivity index (χ0n) is 17.4. The number of likely N-dealkylation sites (N-methyl/N-ethyl adjacent to an activating group) is 1. The monoisotopic (exact) mass is 427 g/mol. The van der Waals surface area contributed by atoms with Gasteiger partial charge in [0.15, 0.2) is 0 Å². The number of nitrogens with one attached hydrogen (secondary N) is 1. The largest absolute Gasteiger partial charge is 0.326 e. The van der Waals surface area contributed by atoms with Crippen molar-refractivity contribution in [1.82, 2.24) is 9.21 Å². The van der Waals surface area contributed by atoms with Crippen molar-refractivity contribution in [1.29, 1.82) is 0 Å². The van der Waals surface area contributed by atoms with Crippen LogP contribution in [0.2, 0.25) is 0 Å². The summed E-state index contributed by atoms with van der Waals surface area (Å²) in [7, 11) is -3.56. The fourth-order valence-corrected chi connectivity index (χ4v) is 5.93. The van der Waals surface area contributed by atoms with Gasteiger partial charge in [0, 0.05) is 38.3 Å². The molecule has 0 radical (unpaired) electrons. The smallest absolute Gasteiger partial charge is 0.243 e. The predicted octanol–water partition coefficient (Wildman–Crippen LogP) is 3.07. The van der Waals surface area contributed by atoms with Gasteiger partial charge in [-0.15, -0.1) is 0 Å². The molecule has 160 valence electrons. The molecule has 2 aliphatic rings. The zero-order valence-corrected chi connectivity index (χ0v) is 18.2. The summed E-state index contributed by atoms with van der Waals surface area (Å²) >= 11 is 0. The third-order valence-corrected chi connectivity index (χ3v) is 8.12. The standard InChI is InChI=1S/C23H29N3O3S/c1-2-25-12-14-26(15-13-25)30(28,29)21-8-5-7-20(17-21)24-23(27)16-19-11-10-18-6-3-4-9-22(18)19/h3-9,17,19H,2,10-16H2,1H3,(H,24,27). The van der Waals surface area contributed by atoms with Gasteiger partial charge in [-0.2, -0.15) is 4.31 Å². The number of sulfonamides is 1. The summed E-state index contributed by atoms with van der Waals surface area (Å²) in [5.41, 5.74) is 3.11. The van der Waals surface area contributed by atoms with Crippen molar-refractivity contribution >= 4 is 21.6 Å². The Bertz CT molecular complexity index is 1010. The molecule has 0 spiro atoms. The number of hydrogen-bond donors (Lipinski definition) is 1. The van der Waals surface area contributed by atoms with Crippen LogP contribution in [0, 0.1) is 0 Å². The molecular formula is C23H29N3O3S. The highest BCUT2D eigenvalue weighted by Gasteiger charge is 2.28. The van der Waals surface area contributed by atoms with Crippen LogP contribution in [0.5, 0.6) is 0 Å². The van der Waals surface area contributed by atoms with Crippen LogP contribution < -0.4 is 5.32 Å². The van der Waals surface area contributed by atoms with Crippen LogP contribution in [0.15, 0.2) is 53.4 Å². The minimum absolute atomic E-state index is 0.0807. The molecular weight excluding hydrogens is 398 g/mol. The van der Waals surface area contributed by atoms with Crippen LogP contribution in [0.1, 0.15) is 36.8 Å². The number of carbonyl (C=O) groups excluding carboxylic acids is 1. The molecule has 1 N–H and O–H groups in total. The quantitative estimate of drug-likeness (QED) is 0.769. The van der Waals surface area contributed by atoms with Crippen LogP contribution in [-0.4, -0.2) is 56.3 Å². The summed E-state index contributed by atoms with van der Waals surface area (Å²) in [5.74, 6) is 0.144. The predicted molar refractivity (Wildman–Crippen MR) is 118 cm³/mol. The number of nitrogens with zero attached hydrogens (tertiary/aromatic N) is 2. The van der Waals surface area contributed by atoms with E-state index in [2.05, 4.69) is 29.3 Å². The molecule has 1 heterocycles. The first-order valence-electron chi connectivity index (χ1n) is 10.7. The molecule has 1 aliphatic heterocycles. The molecule has 0 bridgehead atoms. The van der Waals surface area contributed by atoms with Gasteiger partial charge in [-0.3, -0.25) is 4.79 Å². The molecule has 6 nitrogen and oxygen atoms in total. The second-order valence-corrected chi connectivity index (χ2v) is 9.99. The molecule has 2 aromatic carbocycles. The van der Waals surface area contributed by atoms with E-state index < -0.39 is 10.0 Å². The first-order valence-corrected chi connectivity index (χ1v) is 12.1. The zero-order chi connectivity index (χ0) is 21.1. The van der Waals surface area contributed by atoms with Crippen molar-refractivity contribution in [3.63, 3.8) is 0 Å². The number of hydrogen-bond acceptors (Lipinski definition) is 4. The molecule has 1 amide bonds. The summed E-state index contributed by atoms with van der Waals surface area (Å²) in [6.45, 7) is 5.49. The number of anilines is 1. The van der Waals surface area contributed by atoms with E-state index >= 15 is 0 Å². The lowest BCUT2D eigenvalue weighted by molar-refractivity contribution is -0.116. The molecule has 1 fully saturated rings. The van der Waals surface area contributed by atoms with E-state index in [-0.39, 0.29) is 16.7 Å². The van der Waals surface area contributed by atoms with Gasteiger partial charge in [-0.25, -0.2) is 8.42 Å². The fourth-order valence-electron chi connectivity index (χ4n) is 4.46. The second kappa shape index (κ2) is 8.88. The summed E-state index contributed by atoms with van der Waals surface area (Å²) < 4.78 is 27.6. The number of aryl methyl sites for hydroxylation is 1. The maximum Gasteiger partial charge on any atom is 0.243 e. The molecule has 4 rings (SSSR count). The van der Waals surface area contributed by atoms with E-state index in [9.17, 15) is 13.2 Å². The highest BCUT2D eigenvalue weighted by Crippen LogP contribution is 2.35. The third kappa shape index (κ3) is 4.43. The molecule has 30 heavy (non-hydrogen) atoms. The summed E-state index contributed by atoms with van der Waals surface area (Å²) in [6.07, 6.45) is 2.39. The van der Waals surface area contributed by atoms with Crippen LogP contribution in [0.3, 0.4) is 0 Å². The van der Waals surface area contributed by atoms with Gasteiger partial charge >= 0.3 is 0 Å². The van der Waals surface area contributed by atoms with E-state index in [1.807, 2.05) is 12.1 Å². The first-order chi connectivity index (χ1) is 14.5. The van der Waals surface area contributed by atoms with Gasteiger partial charge in [0.1, 0.15) is 0 Å². The van der Waals surface area contributed by atoms with Crippen LogP contribution >= 0.6 is 0 Å². The van der Waals surface area contributed by atoms with E-state index in [1.165, 1.54) is 15.4 Å². The average Bonchev–Trinajstić information content (AvgIpc) is 3.16. The van der Waals surface area contributed by atoms with E-state index in [4.69, 9.17) is 0 Å². The number of fused-ring (bicyclic) bond motifs is 1. The van der Waals surface area contributed by atoms with Crippen LogP contribution in [0.25, 0.3) is 0 Å². The fraction of sp³-hybridized carbons (Fsp3) is 0.435. The summed E-state index contributed by atoms with van der Waals surface area (Å²) in [5, 5.41) is 2.90. The van der Waals surface area contributed by atoms with Gasteiger partial charge in [-0.05, 0) is 54.6 Å². The maximum atomic E-state index is 13.0. The minimum Gasteiger partial charge on any atom is -0.326 e. The summed E-state index contributed by atoms with van der Waals surface area (Å²) in [6, 6.07) is 14.9. The third-order valence-electron chi connectivity index (χ3n) is 6.22. The Morgan fingerprint density at radius 2 is 1.83 bits per heavy atom. The van der Waals surface area contributed by atoms with Gasteiger partial charge < -0.3 is 10.2 Å². The number of benzene rings is 2. The van der Waals surface area contributed by atoms with Crippen molar-refractivity contribution in [3.8, 4) is 0 Å². The summed E-state index contributed by atoms with van der Waals surface area (Å²) in [4.78, 5) is 15.1. The van der Waals surface area contributed by atoms with Crippen molar-refractivity contribution in [2.24, 2.45) is 0 Å². The van der Waals surface area contributed by atoms with Gasteiger partial charge in [0.25, 0.3) is 0 Å². The first kappa shape index (κ1) is 21.0. The molecule has 1 atom stereocenters. The average molecular weight is 428 g/mol. The van der Waals surface area contributed by atoms with Gasteiger partial charge in [0.2, 0.25) is 15.9 Å². The molecule has 0 saturated carbocycles. The van der Waals surface area contributed by atoms with E-state index in [0.717, 1.165) is 32.5 Å². The van der Waals surface area contributed by atoms with Gasteiger partial charge in [0.05, 0.1) is 4.90 Å². The van der Waals surface area contributed by atoms with Crippen molar-refractivity contribution in [3.05, 3.63) is 59.7 Å². The topological polar surface area (TPSA) is 69.7 Å². The number of piperazine rings is 1. The lowest BCUT2D eigenvalue weighted by Gasteiger charge is -2.33. The number of rotatable bonds is 6.